The Morgan fingerprint density at radius 1 is 0.920 bits per heavy atom. The van der Waals surface area contributed by atoms with E-state index in [1.54, 1.807) is 7.11 Å². The van der Waals surface area contributed by atoms with Crippen molar-refractivity contribution < 1.29 is 4.74 Å². The zero-order valence-corrected chi connectivity index (χ0v) is 13.7. The fourth-order valence-electron chi connectivity index (χ4n) is 2.81. The number of benzene rings is 3. The SMILES string of the molecule is COC(=Cc1cccc(-c2ccc3ccccc3c2)c1)c1nn[nH]n1. The molecule has 0 spiro atoms. The van der Waals surface area contributed by atoms with Crippen molar-refractivity contribution in [3.05, 3.63) is 78.1 Å². The lowest BCUT2D eigenvalue weighted by atomic mass is 9.99. The van der Waals surface area contributed by atoms with Gasteiger partial charge in [0.25, 0.3) is 0 Å². The molecule has 0 unspecified atom stereocenters. The van der Waals surface area contributed by atoms with E-state index in [4.69, 9.17) is 4.74 Å². The van der Waals surface area contributed by atoms with Gasteiger partial charge in [-0.2, -0.15) is 5.21 Å². The van der Waals surface area contributed by atoms with Crippen LogP contribution in [0.3, 0.4) is 0 Å². The van der Waals surface area contributed by atoms with Crippen LogP contribution >= 0.6 is 0 Å². The zero-order valence-electron chi connectivity index (χ0n) is 13.7. The van der Waals surface area contributed by atoms with Gasteiger partial charge in [0.15, 0.2) is 5.76 Å². The topological polar surface area (TPSA) is 63.7 Å². The van der Waals surface area contributed by atoms with E-state index in [2.05, 4.69) is 75.2 Å². The van der Waals surface area contributed by atoms with Gasteiger partial charge in [0, 0.05) is 0 Å². The second kappa shape index (κ2) is 6.57. The highest BCUT2D eigenvalue weighted by Crippen LogP contribution is 2.26. The number of methoxy groups -OCH3 is 1. The molecular formula is C20H16N4O. The maximum atomic E-state index is 5.38. The van der Waals surface area contributed by atoms with Crippen LogP contribution in [0.1, 0.15) is 11.4 Å². The highest BCUT2D eigenvalue weighted by atomic mass is 16.5. The van der Waals surface area contributed by atoms with Crippen molar-refractivity contribution in [2.24, 2.45) is 0 Å². The van der Waals surface area contributed by atoms with Crippen molar-refractivity contribution >= 4 is 22.6 Å². The summed E-state index contributed by atoms with van der Waals surface area (Å²) in [5.41, 5.74) is 3.32. The molecule has 4 rings (SSSR count). The molecule has 1 N–H and O–H groups in total. The first-order chi connectivity index (χ1) is 12.3. The summed E-state index contributed by atoms with van der Waals surface area (Å²) in [5, 5.41) is 16.4. The number of aromatic amines is 1. The molecule has 0 amide bonds. The van der Waals surface area contributed by atoms with Crippen molar-refractivity contribution in [2.45, 2.75) is 0 Å². The standard InChI is InChI=1S/C20H16N4O/c1-25-19(20-21-23-24-22-20)12-14-5-4-8-16(11-14)18-10-9-15-6-2-3-7-17(15)13-18/h2-13H,1H3,(H,21,22,23,24). The lowest BCUT2D eigenvalue weighted by Crippen LogP contribution is -1.91. The van der Waals surface area contributed by atoms with Gasteiger partial charge in [0.2, 0.25) is 5.82 Å². The molecule has 3 aromatic carbocycles. The van der Waals surface area contributed by atoms with Crippen LogP contribution in [0.2, 0.25) is 0 Å². The summed E-state index contributed by atoms with van der Waals surface area (Å²) in [6.45, 7) is 0. The van der Waals surface area contributed by atoms with Gasteiger partial charge in [0.05, 0.1) is 7.11 Å². The summed E-state index contributed by atoms with van der Waals surface area (Å²) in [4.78, 5) is 0. The molecule has 0 atom stereocenters. The van der Waals surface area contributed by atoms with Gasteiger partial charge in [-0.05, 0) is 50.9 Å². The van der Waals surface area contributed by atoms with Gasteiger partial charge < -0.3 is 4.74 Å². The van der Waals surface area contributed by atoms with Crippen LogP contribution in [0, 0.1) is 0 Å². The normalized spacial score (nSPS) is 11.6. The van der Waals surface area contributed by atoms with Crippen LogP contribution in [-0.2, 0) is 4.74 Å². The highest BCUT2D eigenvalue weighted by Gasteiger charge is 2.07. The molecule has 0 saturated heterocycles. The minimum absolute atomic E-state index is 0.429. The first kappa shape index (κ1) is 15.1. The number of hydrogen-bond acceptors (Lipinski definition) is 4. The summed E-state index contributed by atoms with van der Waals surface area (Å²) in [5.74, 6) is 0.989. The van der Waals surface area contributed by atoms with Gasteiger partial charge in [-0.25, -0.2) is 0 Å². The molecule has 0 radical (unpaired) electrons. The third kappa shape index (κ3) is 3.12. The van der Waals surface area contributed by atoms with Crippen molar-refractivity contribution in [1.82, 2.24) is 20.6 Å². The molecular weight excluding hydrogens is 312 g/mol. The number of hydrogen-bond donors (Lipinski definition) is 1. The Labute approximate surface area is 145 Å². The molecule has 0 bridgehead atoms. The van der Waals surface area contributed by atoms with Crippen LogP contribution < -0.4 is 0 Å². The Bertz CT molecular complexity index is 1040. The zero-order chi connectivity index (χ0) is 17.1. The summed E-state index contributed by atoms with van der Waals surface area (Å²) >= 11 is 0. The lowest BCUT2D eigenvalue weighted by molar-refractivity contribution is 0.369. The average molecular weight is 328 g/mol. The largest absolute Gasteiger partial charge is 0.493 e. The van der Waals surface area contributed by atoms with Gasteiger partial charge in [-0.15, -0.1) is 10.2 Å². The molecule has 1 aromatic heterocycles. The first-order valence-corrected chi connectivity index (χ1v) is 7.92. The number of H-pyrrole nitrogens is 1. The van der Waals surface area contributed by atoms with E-state index >= 15 is 0 Å². The number of aromatic nitrogens is 4. The molecule has 0 aliphatic carbocycles. The van der Waals surface area contributed by atoms with E-state index in [-0.39, 0.29) is 0 Å². The van der Waals surface area contributed by atoms with E-state index in [1.807, 2.05) is 18.2 Å². The molecule has 0 aliphatic rings. The van der Waals surface area contributed by atoms with E-state index < -0.39 is 0 Å². The Hall–Kier alpha value is -3.47. The molecule has 4 aromatic rings. The summed E-state index contributed by atoms with van der Waals surface area (Å²) in [6, 6.07) is 23.1. The maximum absolute atomic E-state index is 5.38. The molecule has 0 fully saturated rings. The van der Waals surface area contributed by atoms with Crippen LogP contribution in [0.25, 0.3) is 33.7 Å². The predicted molar refractivity (Wildman–Crippen MR) is 98.4 cm³/mol. The van der Waals surface area contributed by atoms with Crippen molar-refractivity contribution in [1.29, 1.82) is 0 Å². The van der Waals surface area contributed by atoms with E-state index in [1.165, 1.54) is 16.3 Å². The van der Waals surface area contributed by atoms with E-state index in [0.29, 0.717) is 11.6 Å². The van der Waals surface area contributed by atoms with Crippen LogP contribution in [0.15, 0.2) is 66.7 Å². The smallest absolute Gasteiger partial charge is 0.239 e. The predicted octanol–water partition coefficient (Wildman–Crippen LogP) is 4.16. The summed E-state index contributed by atoms with van der Waals surface area (Å²) in [7, 11) is 1.59. The lowest BCUT2D eigenvalue weighted by Gasteiger charge is -2.06. The number of fused-ring (bicyclic) bond motifs is 1. The van der Waals surface area contributed by atoms with Crippen molar-refractivity contribution in [3.8, 4) is 11.1 Å². The second-order valence-electron chi connectivity index (χ2n) is 5.64. The molecule has 5 nitrogen and oxygen atoms in total. The third-order valence-electron chi connectivity index (χ3n) is 4.05. The molecule has 0 aliphatic heterocycles. The molecule has 1 heterocycles. The van der Waals surface area contributed by atoms with Gasteiger partial charge >= 0.3 is 0 Å². The molecule has 25 heavy (non-hydrogen) atoms. The fraction of sp³-hybridized carbons (Fsp3) is 0.0500. The number of rotatable bonds is 4. The average Bonchev–Trinajstić information content (AvgIpc) is 3.20. The third-order valence-corrected chi connectivity index (χ3v) is 4.05. The molecule has 5 heteroatoms. The van der Waals surface area contributed by atoms with Crippen LogP contribution in [0.5, 0.6) is 0 Å². The number of nitrogens with zero attached hydrogens (tertiary/aromatic N) is 3. The highest BCUT2D eigenvalue weighted by molar-refractivity contribution is 5.87. The summed E-state index contributed by atoms with van der Waals surface area (Å²) in [6.07, 6.45) is 1.90. The second-order valence-corrected chi connectivity index (χ2v) is 5.64. The molecule has 0 saturated carbocycles. The first-order valence-electron chi connectivity index (χ1n) is 7.92. The van der Waals surface area contributed by atoms with E-state index in [0.717, 1.165) is 11.1 Å². The van der Waals surface area contributed by atoms with Gasteiger partial charge in [-0.3, -0.25) is 0 Å². The number of ether oxygens (including phenoxy) is 1. The minimum atomic E-state index is 0.429. The number of tetrazole rings is 1. The van der Waals surface area contributed by atoms with E-state index in [9.17, 15) is 0 Å². The van der Waals surface area contributed by atoms with Gasteiger partial charge in [0.1, 0.15) is 0 Å². The Morgan fingerprint density at radius 3 is 2.56 bits per heavy atom. The van der Waals surface area contributed by atoms with Crippen molar-refractivity contribution in [3.63, 3.8) is 0 Å². The quantitative estimate of drug-likeness (QED) is 0.571. The Kier molecular flexibility index (Phi) is 3.96. The van der Waals surface area contributed by atoms with Crippen molar-refractivity contribution in [2.75, 3.05) is 7.11 Å². The molecule has 122 valence electrons. The number of nitrogens with one attached hydrogen (secondary N) is 1. The van der Waals surface area contributed by atoms with Crippen LogP contribution in [-0.4, -0.2) is 27.7 Å². The Morgan fingerprint density at radius 2 is 1.76 bits per heavy atom. The fourth-order valence-corrected chi connectivity index (χ4v) is 2.81. The van der Waals surface area contributed by atoms with Crippen LogP contribution in [0.4, 0.5) is 0 Å². The van der Waals surface area contributed by atoms with Gasteiger partial charge in [-0.1, -0.05) is 54.6 Å². The maximum Gasteiger partial charge on any atom is 0.239 e. The summed E-state index contributed by atoms with van der Waals surface area (Å²) < 4.78 is 5.38. The minimum Gasteiger partial charge on any atom is -0.493 e. The monoisotopic (exact) mass is 328 g/mol. The Balaban J connectivity index is 1.73.